The Morgan fingerprint density at radius 2 is 1.42 bits per heavy atom. The number of carbonyl (C=O) groups is 4. The number of amides is 4. The number of rotatable bonds is 5. The molecule has 5 rings (SSSR count). The lowest BCUT2D eigenvalue weighted by Gasteiger charge is -2.15. The molecule has 33 heavy (non-hydrogen) atoms. The molecule has 164 valence electrons. The standard InChI is InChI=1S/C26H21N3O4/c1-15-12-22(15)24(31)28-17-7-4-6-16(13-17)23(30)27-18-8-5-9-19(14-18)29-25(32)20-10-2-3-11-21(20)26(29)33/h2-11,13-15,22H,12H2,1H3,(H,27,30)(H,28,31). The van der Waals surface area contributed by atoms with Crippen LogP contribution in [-0.2, 0) is 4.79 Å². The highest BCUT2D eigenvalue weighted by Gasteiger charge is 2.39. The summed E-state index contributed by atoms with van der Waals surface area (Å²) in [6, 6.07) is 20.0. The van der Waals surface area contributed by atoms with Crippen LogP contribution in [0.1, 0.15) is 44.4 Å². The summed E-state index contributed by atoms with van der Waals surface area (Å²) in [5.41, 5.74) is 2.47. The van der Waals surface area contributed by atoms with E-state index in [1.165, 1.54) is 0 Å². The average molecular weight is 439 g/mol. The number of anilines is 3. The molecule has 7 nitrogen and oxygen atoms in total. The number of imide groups is 1. The van der Waals surface area contributed by atoms with Crippen LogP contribution < -0.4 is 15.5 Å². The number of benzene rings is 3. The number of carbonyl (C=O) groups excluding carboxylic acids is 4. The molecule has 1 heterocycles. The monoisotopic (exact) mass is 439 g/mol. The highest BCUT2D eigenvalue weighted by Crippen LogP contribution is 2.38. The van der Waals surface area contributed by atoms with Gasteiger partial charge in [-0.2, -0.15) is 0 Å². The van der Waals surface area contributed by atoms with E-state index in [2.05, 4.69) is 10.6 Å². The van der Waals surface area contributed by atoms with Crippen molar-refractivity contribution in [2.75, 3.05) is 15.5 Å². The van der Waals surface area contributed by atoms with Crippen LogP contribution >= 0.6 is 0 Å². The van der Waals surface area contributed by atoms with E-state index in [-0.39, 0.29) is 17.7 Å². The zero-order valence-electron chi connectivity index (χ0n) is 17.9. The van der Waals surface area contributed by atoms with Crippen molar-refractivity contribution in [3.63, 3.8) is 0 Å². The van der Waals surface area contributed by atoms with Crippen LogP contribution in [0, 0.1) is 11.8 Å². The lowest BCUT2D eigenvalue weighted by Crippen LogP contribution is -2.29. The molecule has 3 aromatic rings. The second-order valence-electron chi connectivity index (χ2n) is 8.39. The Labute approximate surface area is 190 Å². The minimum absolute atomic E-state index is 0.0336. The summed E-state index contributed by atoms with van der Waals surface area (Å²) < 4.78 is 0. The van der Waals surface area contributed by atoms with Crippen molar-refractivity contribution in [1.29, 1.82) is 0 Å². The Kier molecular flexibility index (Phi) is 5.01. The maximum absolute atomic E-state index is 12.8. The second kappa shape index (κ2) is 8.02. The van der Waals surface area contributed by atoms with Gasteiger partial charge in [0.15, 0.2) is 0 Å². The summed E-state index contributed by atoms with van der Waals surface area (Å²) in [6.07, 6.45) is 0.884. The second-order valence-corrected chi connectivity index (χ2v) is 8.39. The van der Waals surface area contributed by atoms with Gasteiger partial charge in [0.1, 0.15) is 0 Å². The first-order valence-corrected chi connectivity index (χ1v) is 10.7. The smallest absolute Gasteiger partial charge is 0.266 e. The topological polar surface area (TPSA) is 95.6 Å². The van der Waals surface area contributed by atoms with E-state index in [1.807, 2.05) is 6.92 Å². The fourth-order valence-corrected chi connectivity index (χ4v) is 4.01. The number of hydrogen-bond donors (Lipinski definition) is 2. The molecule has 7 heteroatoms. The molecule has 3 aromatic carbocycles. The SMILES string of the molecule is CC1CC1C(=O)Nc1cccc(C(=O)Nc2cccc(N3C(=O)c4ccccc4C3=O)c2)c1. The minimum Gasteiger partial charge on any atom is -0.326 e. The van der Waals surface area contributed by atoms with Gasteiger partial charge < -0.3 is 10.6 Å². The van der Waals surface area contributed by atoms with E-state index < -0.39 is 11.8 Å². The number of fused-ring (bicyclic) bond motifs is 1. The molecule has 1 aliphatic carbocycles. The molecular formula is C26H21N3O4. The lowest BCUT2D eigenvalue weighted by atomic mass is 10.1. The third-order valence-electron chi connectivity index (χ3n) is 5.99. The highest BCUT2D eigenvalue weighted by atomic mass is 16.2. The van der Waals surface area contributed by atoms with Crippen LogP contribution in [0.5, 0.6) is 0 Å². The van der Waals surface area contributed by atoms with Crippen LogP contribution in [0.25, 0.3) is 0 Å². The Balaban J connectivity index is 1.32. The number of nitrogens with zero attached hydrogens (tertiary/aromatic N) is 1. The van der Waals surface area contributed by atoms with Crippen LogP contribution in [0.4, 0.5) is 17.1 Å². The Morgan fingerprint density at radius 3 is 2.06 bits per heavy atom. The van der Waals surface area contributed by atoms with Crippen molar-refractivity contribution in [3.05, 3.63) is 89.5 Å². The highest BCUT2D eigenvalue weighted by molar-refractivity contribution is 6.34. The summed E-state index contributed by atoms with van der Waals surface area (Å²) >= 11 is 0. The Bertz CT molecular complexity index is 1280. The maximum atomic E-state index is 12.8. The van der Waals surface area contributed by atoms with E-state index in [4.69, 9.17) is 0 Å². The molecule has 1 saturated carbocycles. The van der Waals surface area contributed by atoms with Gasteiger partial charge in [-0.1, -0.05) is 31.2 Å². The molecule has 2 N–H and O–H groups in total. The predicted octanol–water partition coefficient (Wildman–Crippen LogP) is 4.33. The molecule has 2 unspecified atom stereocenters. The van der Waals surface area contributed by atoms with Crippen LogP contribution in [-0.4, -0.2) is 23.6 Å². The van der Waals surface area contributed by atoms with Gasteiger partial charge in [0, 0.05) is 22.9 Å². The van der Waals surface area contributed by atoms with E-state index in [1.54, 1.807) is 72.8 Å². The van der Waals surface area contributed by atoms with Gasteiger partial charge in [0.25, 0.3) is 17.7 Å². The summed E-state index contributed by atoms with van der Waals surface area (Å²) in [7, 11) is 0. The third kappa shape index (κ3) is 3.89. The molecule has 0 bridgehead atoms. The van der Waals surface area contributed by atoms with Crippen molar-refractivity contribution in [1.82, 2.24) is 0 Å². The third-order valence-corrected chi connectivity index (χ3v) is 5.99. The van der Waals surface area contributed by atoms with Gasteiger partial charge in [-0.05, 0) is 60.9 Å². The molecule has 4 amide bonds. The molecule has 0 radical (unpaired) electrons. The zero-order chi connectivity index (χ0) is 23.1. The number of hydrogen-bond acceptors (Lipinski definition) is 4. The molecular weight excluding hydrogens is 418 g/mol. The van der Waals surface area contributed by atoms with Gasteiger partial charge >= 0.3 is 0 Å². The Hall–Kier alpha value is -4.26. The van der Waals surface area contributed by atoms with Crippen molar-refractivity contribution >= 4 is 40.7 Å². The molecule has 1 aliphatic heterocycles. The predicted molar refractivity (Wildman–Crippen MR) is 124 cm³/mol. The van der Waals surface area contributed by atoms with Gasteiger partial charge in [-0.25, -0.2) is 4.90 Å². The van der Waals surface area contributed by atoms with Crippen LogP contribution in [0.3, 0.4) is 0 Å². The number of nitrogens with one attached hydrogen (secondary N) is 2. The largest absolute Gasteiger partial charge is 0.326 e. The van der Waals surface area contributed by atoms with Crippen molar-refractivity contribution < 1.29 is 19.2 Å². The van der Waals surface area contributed by atoms with Crippen molar-refractivity contribution in [2.24, 2.45) is 11.8 Å². The molecule has 0 saturated heterocycles. The first-order valence-electron chi connectivity index (χ1n) is 10.7. The average Bonchev–Trinajstić information content (AvgIpc) is 3.50. The summed E-state index contributed by atoms with van der Waals surface area (Å²) in [6.45, 7) is 2.03. The first kappa shape index (κ1) is 20.6. The molecule has 1 fully saturated rings. The minimum atomic E-state index is -0.396. The lowest BCUT2D eigenvalue weighted by molar-refractivity contribution is -0.117. The maximum Gasteiger partial charge on any atom is 0.266 e. The van der Waals surface area contributed by atoms with E-state index >= 15 is 0 Å². The normalized spacial score (nSPS) is 18.6. The summed E-state index contributed by atoms with van der Waals surface area (Å²) in [5.74, 6) is -0.766. The van der Waals surface area contributed by atoms with Crippen LogP contribution in [0.15, 0.2) is 72.8 Å². The van der Waals surface area contributed by atoms with E-state index in [0.29, 0.717) is 39.7 Å². The van der Waals surface area contributed by atoms with Crippen molar-refractivity contribution in [2.45, 2.75) is 13.3 Å². The first-order chi connectivity index (χ1) is 15.9. The van der Waals surface area contributed by atoms with Gasteiger partial charge in [0.05, 0.1) is 16.8 Å². The molecule has 0 aromatic heterocycles. The van der Waals surface area contributed by atoms with Crippen molar-refractivity contribution in [3.8, 4) is 0 Å². The molecule has 2 atom stereocenters. The van der Waals surface area contributed by atoms with Gasteiger partial charge in [-0.3, -0.25) is 19.2 Å². The Morgan fingerprint density at radius 1 is 0.818 bits per heavy atom. The van der Waals surface area contributed by atoms with E-state index in [9.17, 15) is 19.2 Å². The van der Waals surface area contributed by atoms with Gasteiger partial charge in [0.2, 0.25) is 5.91 Å². The zero-order valence-corrected chi connectivity index (χ0v) is 17.9. The summed E-state index contributed by atoms with van der Waals surface area (Å²) in [4.78, 5) is 51.6. The van der Waals surface area contributed by atoms with Gasteiger partial charge in [-0.15, -0.1) is 0 Å². The molecule has 0 spiro atoms. The van der Waals surface area contributed by atoms with E-state index in [0.717, 1.165) is 11.3 Å². The fourth-order valence-electron chi connectivity index (χ4n) is 4.01. The quantitative estimate of drug-likeness (QED) is 0.579. The summed E-state index contributed by atoms with van der Waals surface area (Å²) in [5, 5.41) is 5.65. The van der Waals surface area contributed by atoms with Crippen LogP contribution in [0.2, 0.25) is 0 Å². The fraction of sp³-hybridized carbons (Fsp3) is 0.154. The molecule has 2 aliphatic rings.